The Balaban J connectivity index is 1.89. The quantitative estimate of drug-likeness (QED) is 0.807. The fourth-order valence-corrected chi connectivity index (χ4v) is 3.54. The zero-order chi connectivity index (χ0) is 13.1. The van der Waals surface area contributed by atoms with E-state index >= 15 is 0 Å². The smallest absolute Gasteiger partial charge is 0.195 e. The molecule has 1 atom stereocenters. The first kappa shape index (κ1) is 12.4. The van der Waals surface area contributed by atoms with Crippen LogP contribution in [0.25, 0.3) is 5.69 Å². The molecule has 4 nitrogen and oxygen atoms in total. The van der Waals surface area contributed by atoms with E-state index in [2.05, 4.69) is 10.3 Å². The van der Waals surface area contributed by atoms with Crippen LogP contribution in [-0.4, -0.2) is 31.8 Å². The minimum absolute atomic E-state index is 0.0645. The Kier molecular flexibility index (Phi) is 3.64. The average molecular weight is 273 g/mol. The first-order valence-electron chi connectivity index (χ1n) is 6.48. The zero-order valence-corrected chi connectivity index (χ0v) is 11.3. The van der Waals surface area contributed by atoms with E-state index in [1.807, 2.05) is 30.3 Å². The number of aromatic nitrogens is 3. The molecule has 1 aromatic heterocycles. The predicted molar refractivity (Wildman–Crippen MR) is 75.8 cm³/mol. The summed E-state index contributed by atoms with van der Waals surface area (Å²) >= 11 is 1.76. The number of hydrogen-bond acceptors (Lipinski definition) is 4. The third-order valence-corrected chi connectivity index (χ3v) is 4.65. The molecule has 1 aliphatic rings. The van der Waals surface area contributed by atoms with Gasteiger partial charge >= 0.3 is 0 Å². The van der Waals surface area contributed by atoms with Gasteiger partial charge in [-0.25, -0.2) is 4.68 Å². The van der Waals surface area contributed by atoms with E-state index in [1.54, 1.807) is 22.6 Å². The molecule has 0 spiro atoms. The number of carbonyl (C=O) groups excluding carboxylic acids is 1. The first-order valence-corrected chi connectivity index (χ1v) is 7.53. The number of hydrogen-bond donors (Lipinski definition) is 0. The van der Waals surface area contributed by atoms with Gasteiger partial charge in [-0.1, -0.05) is 29.8 Å². The molecule has 5 heteroatoms. The lowest BCUT2D eigenvalue weighted by Crippen LogP contribution is -2.23. The average Bonchev–Trinajstić information content (AvgIpc) is 2.98. The molecule has 98 valence electrons. The molecule has 19 heavy (non-hydrogen) atoms. The number of benzene rings is 1. The highest BCUT2D eigenvalue weighted by Crippen LogP contribution is 2.28. The van der Waals surface area contributed by atoms with Crippen molar-refractivity contribution in [3.63, 3.8) is 0 Å². The number of carbonyl (C=O) groups is 1. The van der Waals surface area contributed by atoms with Gasteiger partial charge in [0.25, 0.3) is 0 Å². The highest BCUT2D eigenvalue weighted by Gasteiger charge is 2.26. The van der Waals surface area contributed by atoms with E-state index in [4.69, 9.17) is 0 Å². The van der Waals surface area contributed by atoms with Crippen LogP contribution in [0.5, 0.6) is 0 Å². The molecule has 0 amide bonds. The SMILES string of the molecule is O=C(c1cnnn1-c1ccccc1)C1CCCCS1. The molecule has 2 heterocycles. The van der Waals surface area contributed by atoms with Gasteiger partial charge in [-0.3, -0.25) is 4.79 Å². The Morgan fingerprint density at radius 1 is 1.26 bits per heavy atom. The number of Topliss-reactive ketones (excluding diaryl/α,β-unsaturated/α-hetero) is 1. The minimum Gasteiger partial charge on any atom is -0.291 e. The fourth-order valence-electron chi connectivity index (χ4n) is 2.28. The summed E-state index contributed by atoms with van der Waals surface area (Å²) in [5.74, 6) is 1.22. The molecule has 0 radical (unpaired) electrons. The van der Waals surface area contributed by atoms with Crippen molar-refractivity contribution in [3.8, 4) is 5.69 Å². The highest BCUT2D eigenvalue weighted by molar-refractivity contribution is 8.00. The Morgan fingerprint density at radius 2 is 2.11 bits per heavy atom. The summed E-state index contributed by atoms with van der Waals surface area (Å²) in [5.41, 5.74) is 1.47. The van der Waals surface area contributed by atoms with E-state index in [0.717, 1.165) is 24.3 Å². The van der Waals surface area contributed by atoms with Crippen molar-refractivity contribution in [3.05, 3.63) is 42.2 Å². The maximum Gasteiger partial charge on any atom is 0.195 e. The lowest BCUT2D eigenvalue weighted by Gasteiger charge is -2.19. The minimum atomic E-state index is 0.0645. The van der Waals surface area contributed by atoms with Crippen LogP contribution in [0, 0.1) is 0 Å². The summed E-state index contributed by atoms with van der Waals surface area (Å²) in [6.07, 6.45) is 4.88. The lowest BCUT2D eigenvalue weighted by atomic mass is 10.1. The Morgan fingerprint density at radius 3 is 2.84 bits per heavy atom. The molecular weight excluding hydrogens is 258 g/mol. The molecule has 1 fully saturated rings. The van der Waals surface area contributed by atoms with Gasteiger partial charge < -0.3 is 0 Å². The fraction of sp³-hybridized carbons (Fsp3) is 0.357. The second kappa shape index (κ2) is 5.57. The third-order valence-electron chi connectivity index (χ3n) is 3.27. The lowest BCUT2D eigenvalue weighted by molar-refractivity contribution is 0.0977. The van der Waals surface area contributed by atoms with Crippen LogP contribution in [-0.2, 0) is 0 Å². The highest BCUT2D eigenvalue weighted by atomic mass is 32.2. The summed E-state index contributed by atoms with van der Waals surface area (Å²) in [6, 6.07) is 9.67. The summed E-state index contributed by atoms with van der Waals surface area (Å²) in [5, 5.41) is 8.00. The molecule has 2 aromatic rings. The van der Waals surface area contributed by atoms with Crippen molar-refractivity contribution in [1.29, 1.82) is 0 Å². The van der Waals surface area contributed by atoms with Crippen molar-refractivity contribution in [2.24, 2.45) is 0 Å². The van der Waals surface area contributed by atoms with Gasteiger partial charge in [0.05, 0.1) is 17.1 Å². The Bertz CT molecular complexity index is 561. The van der Waals surface area contributed by atoms with Crippen LogP contribution in [0.15, 0.2) is 36.5 Å². The van der Waals surface area contributed by atoms with Crippen LogP contribution in [0.3, 0.4) is 0 Å². The Hall–Kier alpha value is -1.62. The monoisotopic (exact) mass is 273 g/mol. The predicted octanol–water partition coefficient (Wildman–Crippen LogP) is 2.74. The van der Waals surface area contributed by atoms with Crippen molar-refractivity contribution >= 4 is 17.5 Å². The molecule has 3 rings (SSSR count). The molecule has 1 unspecified atom stereocenters. The molecule has 0 aliphatic carbocycles. The standard InChI is InChI=1S/C14H15N3OS/c18-14(13-8-4-5-9-19-13)12-10-15-16-17(12)11-6-2-1-3-7-11/h1-3,6-7,10,13H,4-5,8-9H2. The Labute approximate surface area is 116 Å². The van der Waals surface area contributed by atoms with Crippen LogP contribution in [0.1, 0.15) is 29.8 Å². The number of nitrogens with zero attached hydrogens (tertiary/aromatic N) is 3. The number of ketones is 1. The number of para-hydroxylation sites is 1. The van der Waals surface area contributed by atoms with E-state index in [0.29, 0.717) is 5.69 Å². The van der Waals surface area contributed by atoms with Crippen molar-refractivity contribution in [2.75, 3.05) is 5.75 Å². The van der Waals surface area contributed by atoms with Crippen molar-refractivity contribution in [1.82, 2.24) is 15.0 Å². The van der Waals surface area contributed by atoms with Gasteiger partial charge in [-0.2, -0.15) is 11.8 Å². The molecule has 0 bridgehead atoms. The van der Waals surface area contributed by atoms with E-state index in [9.17, 15) is 4.79 Å². The van der Waals surface area contributed by atoms with Gasteiger partial charge in [-0.05, 0) is 30.7 Å². The van der Waals surface area contributed by atoms with Gasteiger partial charge in [0.2, 0.25) is 0 Å². The zero-order valence-electron chi connectivity index (χ0n) is 10.5. The van der Waals surface area contributed by atoms with E-state index in [1.165, 1.54) is 6.42 Å². The van der Waals surface area contributed by atoms with Gasteiger partial charge in [0.1, 0.15) is 5.69 Å². The van der Waals surface area contributed by atoms with E-state index in [-0.39, 0.29) is 11.0 Å². The number of rotatable bonds is 3. The van der Waals surface area contributed by atoms with Crippen molar-refractivity contribution < 1.29 is 4.79 Å². The van der Waals surface area contributed by atoms with Crippen molar-refractivity contribution in [2.45, 2.75) is 24.5 Å². The summed E-state index contributed by atoms with van der Waals surface area (Å²) < 4.78 is 1.64. The topological polar surface area (TPSA) is 47.8 Å². The molecule has 1 aromatic carbocycles. The molecule has 0 saturated carbocycles. The van der Waals surface area contributed by atoms with Crippen LogP contribution in [0.4, 0.5) is 0 Å². The largest absolute Gasteiger partial charge is 0.291 e. The summed E-state index contributed by atoms with van der Waals surface area (Å²) in [4.78, 5) is 12.5. The molecular formula is C14H15N3OS. The summed E-state index contributed by atoms with van der Waals surface area (Å²) in [6.45, 7) is 0. The third kappa shape index (κ3) is 2.56. The maximum atomic E-state index is 12.5. The van der Waals surface area contributed by atoms with Gasteiger partial charge in [0.15, 0.2) is 5.78 Å². The maximum absolute atomic E-state index is 12.5. The van der Waals surface area contributed by atoms with Gasteiger partial charge in [0, 0.05) is 0 Å². The van der Waals surface area contributed by atoms with Crippen LogP contribution < -0.4 is 0 Å². The second-order valence-electron chi connectivity index (χ2n) is 4.59. The van der Waals surface area contributed by atoms with Crippen LogP contribution in [0.2, 0.25) is 0 Å². The molecule has 1 saturated heterocycles. The summed E-state index contributed by atoms with van der Waals surface area (Å²) in [7, 11) is 0. The first-order chi connectivity index (χ1) is 9.36. The molecule has 1 aliphatic heterocycles. The van der Waals surface area contributed by atoms with Crippen LogP contribution >= 0.6 is 11.8 Å². The molecule has 0 N–H and O–H groups in total. The van der Waals surface area contributed by atoms with Gasteiger partial charge in [-0.15, -0.1) is 5.10 Å². The normalized spacial score (nSPS) is 19.3. The van der Waals surface area contributed by atoms with E-state index < -0.39 is 0 Å². The second-order valence-corrected chi connectivity index (χ2v) is 5.90. The number of thioether (sulfide) groups is 1.